The Morgan fingerprint density at radius 1 is 1.60 bits per heavy atom. The van der Waals surface area contributed by atoms with E-state index in [-0.39, 0.29) is 0 Å². The van der Waals surface area contributed by atoms with E-state index in [2.05, 4.69) is 0 Å². The molecule has 0 unspecified atom stereocenters. The molecule has 1 aromatic carbocycles. The van der Waals surface area contributed by atoms with E-state index in [1.54, 1.807) is 37.1 Å². The maximum absolute atomic E-state index is 10.2. The van der Waals surface area contributed by atoms with E-state index in [1.807, 2.05) is 0 Å². The van der Waals surface area contributed by atoms with Crippen molar-refractivity contribution < 1.29 is 6.17 Å². The highest BCUT2D eigenvalue weighted by Crippen LogP contribution is 2.07. The molecule has 10 heavy (non-hydrogen) atoms. The van der Waals surface area contributed by atoms with Crippen molar-refractivity contribution in [2.45, 2.75) is 6.92 Å². The van der Waals surface area contributed by atoms with Crippen molar-refractivity contribution in [1.29, 1.82) is 0 Å². The summed E-state index contributed by atoms with van der Waals surface area (Å²) in [6.07, 6.45) is 0. The topological polar surface area (TPSA) is 17.1 Å². The van der Waals surface area contributed by atoms with Gasteiger partial charge in [-0.25, -0.2) is 4.79 Å². The van der Waals surface area contributed by atoms with Crippen molar-refractivity contribution in [2.24, 2.45) is 0 Å². The van der Waals surface area contributed by atoms with Crippen LogP contribution in [0.25, 0.3) is 5.57 Å². The summed E-state index contributed by atoms with van der Waals surface area (Å²) in [4.78, 5) is 10.2. The molecule has 0 atom stereocenters. The fraction of sp³-hybridized carbons (Fsp3) is 0.111. The molecular formula is C9H8O. The minimum absolute atomic E-state index is 0.451. The summed E-state index contributed by atoms with van der Waals surface area (Å²) in [6, 6.07) is 7.23. The van der Waals surface area contributed by atoms with Crippen LogP contribution in [0.2, 0.25) is 0 Å². The lowest BCUT2D eigenvalue weighted by Gasteiger charge is -1.92. The summed E-state index contributed by atoms with van der Waals surface area (Å²) < 4.78 is 7.18. The predicted molar refractivity (Wildman–Crippen MR) is 41.2 cm³/mol. The number of allylic oxidation sites excluding steroid dienone is 1. The molecule has 0 aliphatic heterocycles. The zero-order chi connectivity index (χ0) is 8.27. The van der Waals surface area contributed by atoms with Gasteiger partial charge in [0.15, 0.2) is 0 Å². The van der Waals surface area contributed by atoms with Gasteiger partial charge in [0, 0.05) is 5.57 Å². The van der Waals surface area contributed by atoms with Gasteiger partial charge in [0.1, 0.15) is 5.94 Å². The largest absolute Gasteiger partial charge is 0.233 e. The number of carbonyl (C=O) groups excluding carboxylic acids is 1. The summed E-state index contributed by atoms with van der Waals surface area (Å²) >= 11 is 0. The fourth-order valence-electron chi connectivity index (χ4n) is 0.696. The van der Waals surface area contributed by atoms with Crippen LogP contribution in [0.4, 0.5) is 0 Å². The Morgan fingerprint density at radius 3 is 2.70 bits per heavy atom. The molecule has 0 N–H and O–H groups in total. The molecular weight excluding hydrogens is 124 g/mol. The van der Waals surface area contributed by atoms with Gasteiger partial charge in [0.2, 0.25) is 0 Å². The van der Waals surface area contributed by atoms with Gasteiger partial charge in [-0.3, -0.25) is 0 Å². The van der Waals surface area contributed by atoms with Crippen LogP contribution in [0.15, 0.2) is 30.3 Å². The monoisotopic (exact) mass is 134 g/mol. The SMILES string of the molecule is [3H]c1ccc(C(C)=C=O)cc1. The van der Waals surface area contributed by atoms with E-state index < -0.39 is 0 Å². The lowest BCUT2D eigenvalue weighted by Crippen LogP contribution is -1.76. The van der Waals surface area contributed by atoms with Crippen LogP contribution in [0.5, 0.6) is 0 Å². The molecule has 0 bridgehead atoms. The summed E-state index contributed by atoms with van der Waals surface area (Å²) in [6.45, 7) is 1.70. The molecule has 0 radical (unpaired) electrons. The summed E-state index contributed by atoms with van der Waals surface area (Å²) in [5, 5.41) is 0. The highest BCUT2D eigenvalue weighted by atomic mass is 16.1. The van der Waals surface area contributed by atoms with Gasteiger partial charge in [0.25, 0.3) is 0 Å². The van der Waals surface area contributed by atoms with Gasteiger partial charge in [-0.2, -0.15) is 0 Å². The molecule has 0 amide bonds. The second-order valence-corrected chi connectivity index (χ2v) is 2.02. The Kier molecular flexibility index (Phi) is 1.63. The van der Waals surface area contributed by atoms with Gasteiger partial charge < -0.3 is 0 Å². The predicted octanol–water partition coefficient (Wildman–Crippen LogP) is 1.92. The molecule has 0 saturated carbocycles. The second kappa shape index (κ2) is 3.00. The molecule has 1 nitrogen and oxygen atoms in total. The zero-order valence-electron chi connectivity index (χ0n) is 6.72. The minimum Gasteiger partial charge on any atom is -0.233 e. The Hall–Kier alpha value is -1.33. The van der Waals surface area contributed by atoms with E-state index in [4.69, 9.17) is 1.37 Å². The third-order valence-corrected chi connectivity index (χ3v) is 1.30. The lowest BCUT2D eigenvalue weighted by atomic mass is 10.1. The molecule has 0 spiro atoms. The first-order chi connectivity index (χ1) is 5.24. The molecule has 0 fully saturated rings. The van der Waals surface area contributed by atoms with Crippen molar-refractivity contribution in [3.8, 4) is 0 Å². The first-order valence-corrected chi connectivity index (χ1v) is 3.03. The normalized spacial score (nSPS) is 9.90. The Balaban J connectivity index is 3.08. The average Bonchev–Trinajstić information content (AvgIpc) is 2.05. The van der Waals surface area contributed by atoms with Crippen molar-refractivity contribution in [2.75, 3.05) is 0 Å². The van der Waals surface area contributed by atoms with Gasteiger partial charge in [0.05, 0.1) is 1.37 Å². The first kappa shape index (κ1) is 5.45. The summed E-state index contributed by atoms with van der Waals surface area (Å²) in [7, 11) is 0. The molecule has 0 aliphatic carbocycles. The Bertz CT molecular complexity index is 294. The molecule has 0 saturated heterocycles. The first-order valence-electron chi connectivity index (χ1n) is 3.53. The van der Waals surface area contributed by atoms with Crippen LogP contribution in [0.1, 0.15) is 13.9 Å². The van der Waals surface area contributed by atoms with Crippen LogP contribution >= 0.6 is 0 Å². The quantitative estimate of drug-likeness (QED) is 0.536. The van der Waals surface area contributed by atoms with Crippen LogP contribution in [-0.4, -0.2) is 5.94 Å². The van der Waals surface area contributed by atoms with Crippen molar-refractivity contribution in [3.63, 3.8) is 0 Å². The van der Waals surface area contributed by atoms with Crippen molar-refractivity contribution in [3.05, 3.63) is 35.9 Å². The number of benzene rings is 1. The molecule has 1 heteroatoms. The van der Waals surface area contributed by atoms with E-state index in [1.165, 1.54) is 0 Å². The van der Waals surface area contributed by atoms with E-state index in [9.17, 15) is 4.79 Å². The zero-order valence-corrected chi connectivity index (χ0v) is 5.72. The summed E-state index contributed by atoms with van der Waals surface area (Å²) in [5.41, 5.74) is 1.40. The Labute approximate surface area is 61.4 Å². The van der Waals surface area contributed by atoms with Gasteiger partial charge in [-0.15, -0.1) is 0 Å². The Morgan fingerprint density at radius 2 is 2.20 bits per heavy atom. The third-order valence-electron chi connectivity index (χ3n) is 1.30. The third kappa shape index (κ3) is 1.34. The highest BCUT2D eigenvalue weighted by molar-refractivity contribution is 5.85. The molecule has 50 valence electrons. The van der Waals surface area contributed by atoms with Crippen LogP contribution < -0.4 is 0 Å². The maximum Gasteiger partial charge on any atom is 0.128 e. The van der Waals surface area contributed by atoms with Gasteiger partial charge in [-0.05, 0) is 12.5 Å². The van der Waals surface area contributed by atoms with Crippen LogP contribution in [0, 0.1) is 0 Å². The van der Waals surface area contributed by atoms with Crippen molar-refractivity contribution in [1.82, 2.24) is 0 Å². The fourth-order valence-corrected chi connectivity index (χ4v) is 0.696. The van der Waals surface area contributed by atoms with Crippen molar-refractivity contribution >= 4 is 11.5 Å². The number of rotatable bonds is 1. The number of hydrogen-bond acceptors (Lipinski definition) is 1. The highest BCUT2D eigenvalue weighted by Gasteiger charge is 1.91. The van der Waals surface area contributed by atoms with Gasteiger partial charge in [-0.1, -0.05) is 30.3 Å². The molecule has 1 aromatic rings. The van der Waals surface area contributed by atoms with Crippen LogP contribution in [-0.2, 0) is 4.79 Å². The lowest BCUT2D eigenvalue weighted by molar-refractivity contribution is 0.569. The van der Waals surface area contributed by atoms with Crippen LogP contribution in [0.3, 0.4) is 0 Å². The number of hydrogen-bond donors (Lipinski definition) is 0. The molecule has 1 rings (SSSR count). The maximum atomic E-state index is 10.2. The van der Waals surface area contributed by atoms with Gasteiger partial charge >= 0.3 is 0 Å². The second-order valence-electron chi connectivity index (χ2n) is 2.02. The minimum atomic E-state index is 0.451. The average molecular weight is 134 g/mol. The smallest absolute Gasteiger partial charge is 0.128 e. The summed E-state index contributed by atoms with van der Waals surface area (Å²) in [5.74, 6) is 1.81. The van der Waals surface area contributed by atoms with E-state index in [0.29, 0.717) is 11.6 Å². The molecule has 0 aliphatic rings. The van der Waals surface area contributed by atoms with E-state index in [0.717, 1.165) is 5.56 Å². The van der Waals surface area contributed by atoms with E-state index >= 15 is 0 Å². The molecule has 0 aromatic heterocycles. The molecule has 0 heterocycles. The standard InChI is InChI=1S/C9H8O/c1-8(7-10)9-5-3-2-4-6-9/h2-6H,1H3/i2T.